The van der Waals surface area contributed by atoms with E-state index in [0.29, 0.717) is 16.9 Å². The molecule has 0 spiro atoms. The lowest BCUT2D eigenvalue weighted by atomic mass is 10.1. The Morgan fingerprint density at radius 3 is 2.21 bits per heavy atom. The number of benzene rings is 2. The average Bonchev–Trinajstić information content (AvgIpc) is 2.53. The van der Waals surface area contributed by atoms with Gasteiger partial charge in [0.1, 0.15) is 5.78 Å². The number of carbonyl (C=O) groups excluding carboxylic acids is 1. The Hall–Kier alpha value is -3.09. The molecule has 0 bridgehead atoms. The summed E-state index contributed by atoms with van der Waals surface area (Å²) in [6.45, 7) is 1.40. The molecular weight excluding hydrogens is 308 g/mol. The summed E-state index contributed by atoms with van der Waals surface area (Å²) in [6.07, 6.45) is 0.0275. The van der Waals surface area contributed by atoms with Gasteiger partial charge in [0.25, 0.3) is 5.69 Å². The molecule has 0 fully saturated rings. The fraction of sp³-hybridized carbons (Fsp3) is 0.235. The van der Waals surface area contributed by atoms with Crippen molar-refractivity contribution in [3.8, 4) is 0 Å². The highest BCUT2D eigenvalue weighted by atomic mass is 16.6. The Labute approximate surface area is 139 Å². The number of nitrogens with zero attached hydrogens (tertiary/aromatic N) is 4. The van der Waals surface area contributed by atoms with Gasteiger partial charge in [-0.25, -0.2) is 0 Å². The number of ketones is 1. The largest absolute Gasteiger partial charge is 0.378 e. The molecule has 2 aromatic carbocycles. The number of azo groups is 1. The van der Waals surface area contributed by atoms with Crippen molar-refractivity contribution in [2.45, 2.75) is 13.3 Å². The van der Waals surface area contributed by atoms with Crippen LogP contribution in [0.4, 0.5) is 22.7 Å². The van der Waals surface area contributed by atoms with Gasteiger partial charge in [-0.2, -0.15) is 10.2 Å². The maximum atomic E-state index is 11.2. The van der Waals surface area contributed by atoms with E-state index in [2.05, 4.69) is 10.2 Å². The molecule has 7 nitrogen and oxygen atoms in total. The second-order valence-electron chi connectivity index (χ2n) is 5.56. The molecule has 0 saturated carbocycles. The molecule has 0 aliphatic heterocycles. The number of anilines is 1. The van der Waals surface area contributed by atoms with Gasteiger partial charge in [-0.3, -0.25) is 14.9 Å². The minimum atomic E-state index is -0.511. The van der Waals surface area contributed by atoms with Gasteiger partial charge in [-0.05, 0) is 43.3 Å². The van der Waals surface area contributed by atoms with Gasteiger partial charge in [0.05, 0.1) is 16.3 Å². The summed E-state index contributed by atoms with van der Waals surface area (Å²) in [6, 6.07) is 11.9. The summed E-state index contributed by atoms with van der Waals surface area (Å²) < 4.78 is 0. The van der Waals surface area contributed by atoms with E-state index in [9.17, 15) is 14.9 Å². The number of hydrogen-bond donors (Lipinski definition) is 0. The van der Waals surface area contributed by atoms with Gasteiger partial charge in [-0.1, -0.05) is 0 Å². The second kappa shape index (κ2) is 7.45. The molecule has 0 heterocycles. The van der Waals surface area contributed by atoms with E-state index in [4.69, 9.17) is 0 Å². The maximum absolute atomic E-state index is 11.2. The zero-order chi connectivity index (χ0) is 17.7. The van der Waals surface area contributed by atoms with E-state index >= 15 is 0 Å². The topological polar surface area (TPSA) is 88.2 Å². The van der Waals surface area contributed by atoms with Crippen molar-refractivity contribution >= 4 is 28.5 Å². The van der Waals surface area contributed by atoms with E-state index in [1.54, 1.807) is 12.1 Å². The third-order valence-electron chi connectivity index (χ3n) is 3.35. The highest BCUT2D eigenvalue weighted by Gasteiger charge is 2.15. The minimum absolute atomic E-state index is 0.0275. The minimum Gasteiger partial charge on any atom is -0.378 e. The first-order chi connectivity index (χ1) is 11.4. The molecule has 0 aliphatic rings. The Morgan fingerprint density at radius 2 is 1.67 bits per heavy atom. The van der Waals surface area contributed by atoms with Crippen molar-refractivity contribution in [1.82, 2.24) is 0 Å². The standard InChI is InChI=1S/C17H18N4O3/c1-12(22)10-13-4-5-15(11-17(13)21(23)24)19-18-14-6-8-16(9-7-14)20(2)3/h4-9,11H,10H2,1-3H3. The maximum Gasteiger partial charge on any atom is 0.275 e. The lowest BCUT2D eigenvalue weighted by Gasteiger charge is -2.11. The summed E-state index contributed by atoms with van der Waals surface area (Å²) >= 11 is 0. The SMILES string of the molecule is CC(=O)Cc1ccc(N=Nc2ccc(N(C)C)cc2)cc1[N+](=O)[O-]. The number of Topliss-reactive ketones (excluding diaryl/α,β-unsaturated/α-hetero) is 1. The molecule has 0 N–H and O–H groups in total. The van der Waals surface area contributed by atoms with Gasteiger partial charge in [0, 0.05) is 37.8 Å². The van der Waals surface area contributed by atoms with Crippen LogP contribution in [0.25, 0.3) is 0 Å². The third-order valence-corrected chi connectivity index (χ3v) is 3.35. The van der Waals surface area contributed by atoms with Crippen LogP contribution in [0.3, 0.4) is 0 Å². The highest BCUT2D eigenvalue weighted by molar-refractivity contribution is 5.79. The van der Waals surface area contributed by atoms with Crippen LogP contribution in [0, 0.1) is 10.1 Å². The van der Waals surface area contributed by atoms with Crippen LogP contribution < -0.4 is 4.90 Å². The zero-order valence-electron chi connectivity index (χ0n) is 13.8. The predicted molar refractivity (Wildman–Crippen MR) is 92.4 cm³/mol. The average molecular weight is 326 g/mol. The molecule has 0 aliphatic carbocycles. The number of nitro groups is 1. The van der Waals surface area contributed by atoms with Crippen LogP contribution in [0.15, 0.2) is 52.7 Å². The van der Waals surface area contributed by atoms with Crippen molar-refractivity contribution in [3.05, 3.63) is 58.1 Å². The third kappa shape index (κ3) is 4.45. The zero-order valence-corrected chi connectivity index (χ0v) is 13.8. The molecule has 0 amide bonds. The summed E-state index contributed by atoms with van der Waals surface area (Å²) in [5.41, 5.74) is 2.31. The van der Waals surface area contributed by atoms with Gasteiger partial charge in [-0.15, -0.1) is 0 Å². The fourth-order valence-electron chi connectivity index (χ4n) is 2.13. The lowest BCUT2D eigenvalue weighted by Crippen LogP contribution is -2.07. The summed E-state index contributed by atoms with van der Waals surface area (Å²) in [7, 11) is 3.89. The normalized spacial score (nSPS) is 10.8. The fourth-order valence-corrected chi connectivity index (χ4v) is 2.13. The lowest BCUT2D eigenvalue weighted by molar-refractivity contribution is -0.385. The molecule has 2 rings (SSSR count). The molecule has 0 atom stereocenters. The van der Waals surface area contributed by atoms with Crippen LogP contribution in [0.2, 0.25) is 0 Å². The second-order valence-corrected chi connectivity index (χ2v) is 5.56. The number of carbonyl (C=O) groups is 1. The summed E-state index contributed by atoms with van der Waals surface area (Å²) in [5, 5.41) is 19.3. The van der Waals surface area contributed by atoms with E-state index in [1.807, 2.05) is 43.3 Å². The van der Waals surface area contributed by atoms with Gasteiger partial charge in [0.15, 0.2) is 0 Å². The number of hydrogen-bond acceptors (Lipinski definition) is 6. The smallest absolute Gasteiger partial charge is 0.275 e. The molecule has 0 aromatic heterocycles. The van der Waals surface area contributed by atoms with Gasteiger partial charge in [0.2, 0.25) is 0 Å². The molecule has 24 heavy (non-hydrogen) atoms. The Morgan fingerprint density at radius 1 is 1.08 bits per heavy atom. The van der Waals surface area contributed by atoms with E-state index < -0.39 is 4.92 Å². The summed E-state index contributed by atoms with van der Waals surface area (Å²) in [4.78, 5) is 23.8. The van der Waals surface area contributed by atoms with Gasteiger partial charge >= 0.3 is 0 Å². The molecule has 0 radical (unpaired) electrons. The van der Waals surface area contributed by atoms with Crippen molar-refractivity contribution in [1.29, 1.82) is 0 Å². The Bertz CT molecular complexity index is 783. The molecule has 2 aromatic rings. The molecule has 0 saturated heterocycles. The monoisotopic (exact) mass is 326 g/mol. The van der Waals surface area contributed by atoms with Crippen molar-refractivity contribution in [2.75, 3.05) is 19.0 Å². The van der Waals surface area contributed by atoms with E-state index in [-0.39, 0.29) is 17.9 Å². The van der Waals surface area contributed by atoms with Crippen LogP contribution in [-0.4, -0.2) is 24.8 Å². The molecule has 124 valence electrons. The highest BCUT2D eigenvalue weighted by Crippen LogP contribution is 2.27. The molecular formula is C17H18N4O3. The van der Waals surface area contributed by atoms with Crippen molar-refractivity contribution in [2.24, 2.45) is 10.2 Å². The van der Waals surface area contributed by atoms with Crippen molar-refractivity contribution in [3.63, 3.8) is 0 Å². The molecule has 7 heteroatoms. The van der Waals surface area contributed by atoms with Crippen LogP contribution >= 0.6 is 0 Å². The van der Waals surface area contributed by atoms with Crippen LogP contribution in [0.5, 0.6) is 0 Å². The first-order valence-electron chi connectivity index (χ1n) is 7.32. The van der Waals surface area contributed by atoms with Gasteiger partial charge < -0.3 is 4.90 Å². The first-order valence-corrected chi connectivity index (χ1v) is 7.32. The van der Waals surface area contributed by atoms with Crippen LogP contribution in [-0.2, 0) is 11.2 Å². The number of nitro benzene ring substituents is 1. The quantitative estimate of drug-likeness (QED) is 0.452. The van der Waals surface area contributed by atoms with E-state index in [0.717, 1.165) is 5.69 Å². The molecule has 0 unspecified atom stereocenters. The summed E-state index contributed by atoms with van der Waals surface area (Å²) in [5.74, 6) is -0.131. The van der Waals surface area contributed by atoms with E-state index in [1.165, 1.54) is 13.0 Å². The Kier molecular flexibility index (Phi) is 5.36. The Balaban J connectivity index is 2.24. The van der Waals surface area contributed by atoms with Crippen LogP contribution in [0.1, 0.15) is 12.5 Å². The van der Waals surface area contributed by atoms with Crippen molar-refractivity contribution < 1.29 is 9.72 Å². The first kappa shape index (κ1) is 17.3. The predicted octanol–water partition coefficient (Wildman–Crippen LogP) is 4.21. The number of rotatable bonds is 6.